The van der Waals surface area contributed by atoms with Gasteiger partial charge in [-0.25, -0.2) is 4.79 Å². The highest BCUT2D eigenvalue weighted by Crippen LogP contribution is 2.24. The van der Waals surface area contributed by atoms with Gasteiger partial charge in [0, 0.05) is 38.9 Å². The van der Waals surface area contributed by atoms with Crippen molar-refractivity contribution in [3.05, 3.63) is 11.7 Å². The van der Waals surface area contributed by atoms with Crippen molar-refractivity contribution < 1.29 is 29.3 Å². The number of oxime groups is 2. The SMILES string of the molecule is CC/C(N)=N\OC(=O)C1CCCN(C)C1.CCC(N)=NO.CCc1noc(C2CCCN(C)C2)n1.CN1CCCC(C(=O)O)C1.P.P.P. The molecule has 48 heavy (non-hydrogen) atoms. The van der Waals surface area contributed by atoms with E-state index in [4.69, 9.17) is 31.1 Å². The number of aryl methyl sites for hydroxylation is 1. The second kappa shape index (κ2) is 28.8. The Hall–Kier alpha value is -2.01. The summed E-state index contributed by atoms with van der Waals surface area (Å²) in [4.78, 5) is 37.7. The smallest absolute Gasteiger partial charge is 0.339 e. The number of likely N-dealkylation sites (tertiary alicyclic amines) is 3. The van der Waals surface area contributed by atoms with Crippen LogP contribution < -0.4 is 11.5 Å². The van der Waals surface area contributed by atoms with E-state index in [2.05, 4.69) is 42.2 Å². The zero-order valence-electron chi connectivity index (χ0n) is 30.3. The highest BCUT2D eigenvalue weighted by atomic mass is 31.0. The minimum absolute atomic E-state index is 0. The summed E-state index contributed by atoms with van der Waals surface area (Å²) in [7, 11) is 6.11. The molecule has 6 N–H and O–H groups in total. The van der Waals surface area contributed by atoms with Crippen molar-refractivity contribution in [2.75, 3.05) is 60.4 Å². The van der Waals surface area contributed by atoms with Crippen LogP contribution in [0.5, 0.6) is 0 Å². The molecular formula is C30H66N9O6P3. The Morgan fingerprint density at radius 3 is 1.75 bits per heavy atom. The van der Waals surface area contributed by atoms with Crippen LogP contribution in [0.25, 0.3) is 0 Å². The summed E-state index contributed by atoms with van der Waals surface area (Å²) in [5.41, 5.74) is 10.4. The number of nitrogens with zero attached hydrogens (tertiary/aromatic N) is 7. The molecule has 3 fully saturated rings. The summed E-state index contributed by atoms with van der Waals surface area (Å²) in [5, 5.41) is 26.6. The van der Waals surface area contributed by atoms with Crippen molar-refractivity contribution in [2.45, 2.75) is 84.5 Å². The van der Waals surface area contributed by atoms with E-state index in [1.54, 1.807) is 0 Å². The number of carbonyl (C=O) groups is 2. The fourth-order valence-corrected chi connectivity index (χ4v) is 4.99. The molecule has 6 unspecified atom stereocenters. The highest BCUT2D eigenvalue weighted by molar-refractivity contribution is 6.92. The lowest BCUT2D eigenvalue weighted by Crippen LogP contribution is -2.36. The molecule has 0 radical (unpaired) electrons. The largest absolute Gasteiger partial charge is 0.481 e. The van der Waals surface area contributed by atoms with Crippen LogP contribution in [0, 0.1) is 11.8 Å². The van der Waals surface area contributed by atoms with Crippen LogP contribution in [0.4, 0.5) is 0 Å². The van der Waals surface area contributed by atoms with Gasteiger partial charge in [0.05, 0.1) is 17.8 Å². The predicted molar refractivity (Wildman–Crippen MR) is 206 cm³/mol. The van der Waals surface area contributed by atoms with Crippen LogP contribution in [0.2, 0.25) is 0 Å². The van der Waals surface area contributed by atoms with Crippen LogP contribution in [0.3, 0.4) is 0 Å². The number of carboxylic acid groups (broad SMARTS) is 1. The number of likely N-dealkylation sites (N-methyl/N-ethyl adjacent to an activating group) is 1. The molecule has 0 spiro atoms. The van der Waals surface area contributed by atoms with Crippen molar-refractivity contribution in [3.8, 4) is 0 Å². The quantitative estimate of drug-likeness (QED) is 0.0793. The van der Waals surface area contributed by atoms with E-state index < -0.39 is 5.97 Å². The van der Waals surface area contributed by atoms with Gasteiger partial charge in [-0.15, -0.1) is 0 Å². The first-order chi connectivity index (χ1) is 21.4. The molecule has 0 aliphatic carbocycles. The maximum absolute atomic E-state index is 11.6. The van der Waals surface area contributed by atoms with E-state index in [1.165, 1.54) is 19.4 Å². The molecule has 18 heteroatoms. The monoisotopic (exact) mass is 741 g/mol. The molecule has 3 aliphatic heterocycles. The summed E-state index contributed by atoms with van der Waals surface area (Å²) in [6.45, 7) is 11.5. The molecule has 282 valence electrons. The van der Waals surface area contributed by atoms with Gasteiger partial charge in [0.25, 0.3) is 0 Å². The third-order valence-corrected chi connectivity index (χ3v) is 7.81. The molecule has 0 bridgehead atoms. The van der Waals surface area contributed by atoms with Crippen molar-refractivity contribution >= 4 is 53.3 Å². The van der Waals surface area contributed by atoms with Gasteiger partial charge in [-0.3, -0.25) is 4.79 Å². The number of aromatic nitrogens is 2. The summed E-state index contributed by atoms with van der Waals surface area (Å²) in [6, 6.07) is 0. The van der Waals surface area contributed by atoms with Crippen LogP contribution in [0.1, 0.15) is 89.8 Å². The first-order valence-electron chi connectivity index (χ1n) is 16.0. The van der Waals surface area contributed by atoms with Gasteiger partial charge in [0.15, 0.2) is 5.82 Å². The summed E-state index contributed by atoms with van der Waals surface area (Å²) in [5.74, 6) is 1.63. The fourth-order valence-electron chi connectivity index (χ4n) is 4.99. The molecule has 0 aromatic carbocycles. The Morgan fingerprint density at radius 1 is 0.854 bits per heavy atom. The van der Waals surface area contributed by atoms with Crippen molar-refractivity contribution in [1.82, 2.24) is 24.8 Å². The molecule has 1 aromatic rings. The molecule has 0 saturated carbocycles. The maximum atomic E-state index is 11.6. The topological polar surface area (TPSA) is 209 Å². The molecule has 3 saturated heterocycles. The van der Waals surface area contributed by atoms with Crippen LogP contribution in [0.15, 0.2) is 14.8 Å². The normalized spacial score (nSPS) is 21.8. The lowest BCUT2D eigenvalue weighted by molar-refractivity contribution is -0.150. The van der Waals surface area contributed by atoms with Crippen LogP contribution in [-0.2, 0) is 20.8 Å². The number of hydrogen-bond acceptors (Lipinski definition) is 12. The number of rotatable bonds is 7. The third-order valence-electron chi connectivity index (χ3n) is 7.81. The van der Waals surface area contributed by atoms with Gasteiger partial charge in [0.1, 0.15) is 11.7 Å². The fraction of sp³-hybridized carbons (Fsp3) is 0.800. The average molecular weight is 742 g/mol. The number of aliphatic carboxylic acids is 1. The third kappa shape index (κ3) is 21.2. The molecule has 0 amide bonds. The lowest BCUT2D eigenvalue weighted by atomic mass is 9.98. The van der Waals surface area contributed by atoms with E-state index in [1.807, 2.05) is 34.9 Å². The Labute approximate surface area is 297 Å². The van der Waals surface area contributed by atoms with E-state index in [-0.39, 0.29) is 53.3 Å². The number of carbonyl (C=O) groups excluding carboxylic acids is 1. The van der Waals surface area contributed by atoms with E-state index in [9.17, 15) is 9.59 Å². The first-order valence-corrected chi connectivity index (χ1v) is 16.0. The number of piperidine rings is 3. The number of nitrogens with two attached hydrogens (primary N) is 2. The number of amidine groups is 2. The second-order valence-corrected chi connectivity index (χ2v) is 11.8. The number of carboxylic acids is 1. The Bertz CT molecular complexity index is 1070. The minimum Gasteiger partial charge on any atom is -0.481 e. The van der Waals surface area contributed by atoms with Gasteiger partial charge >= 0.3 is 11.9 Å². The molecule has 6 atom stereocenters. The molecular weight excluding hydrogens is 675 g/mol. The van der Waals surface area contributed by atoms with Gasteiger partial charge in [-0.1, -0.05) is 36.2 Å². The van der Waals surface area contributed by atoms with Gasteiger partial charge < -0.3 is 45.8 Å². The Morgan fingerprint density at radius 2 is 1.35 bits per heavy atom. The standard InChI is InChI=1S/C10H19N3O2.C10H17N3O.C7H13NO2.C3H8N2O.3H3P/c1-3-9(11)12-15-10(14)8-5-4-6-13(2)7-8;1-3-9-11-10(14-12-9)8-5-4-6-13(2)7-8;1-8-4-2-3-6(5-8)7(9)10;1-2-3(4)5-6;;;/h8H,3-7H2,1-2H3,(H2,11,12);8H,3-7H2,1-2H3;6H,2-5H2,1H3,(H,9,10);6H,2H2,1H3,(H2,4,5);3*1H3. The van der Waals surface area contributed by atoms with E-state index in [0.717, 1.165) is 76.5 Å². The van der Waals surface area contributed by atoms with Crippen molar-refractivity contribution in [1.29, 1.82) is 0 Å². The first kappa shape index (κ1) is 50.4. The van der Waals surface area contributed by atoms with Gasteiger partial charge in [-0.2, -0.15) is 34.7 Å². The Kier molecular flexibility index (Phi) is 30.2. The zero-order chi connectivity index (χ0) is 33.8. The predicted octanol–water partition coefficient (Wildman–Crippen LogP) is 2.72. The summed E-state index contributed by atoms with van der Waals surface area (Å²) < 4.78 is 5.26. The molecule has 4 rings (SSSR count). The molecule has 4 heterocycles. The van der Waals surface area contributed by atoms with Gasteiger partial charge in [-0.05, 0) is 79.3 Å². The highest BCUT2D eigenvalue weighted by Gasteiger charge is 2.26. The Balaban J connectivity index is -0.000000575. The average Bonchev–Trinajstić information content (AvgIpc) is 3.53. The van der Waals surface area contributed by atoms with Crippen LogP contribution in [-0.4, -0.2) is 119 Å². The van der Waals surface area contributed by atoms with Crippen molar-refractivity contribution in [3.63, 3.8) is 0 Å². The number of hydrogen-bond donors (Lipinski definition) is 4. The van der Waals surface area contributed by atoms with Crippen molar-refractivity contribution in [2.24, 2.45) is 33.6 Å². The van der Waals surface area contributed by atoms with Crippen LogP contribution >= 0.6 is 29.7 Å². The molecule has 1 aromatic heterocycles. The zero-order valence-corrected chi connectivity index (χ0v) is 34.5. The summed E-state index contributed by atoms with van der Waals surface area (Å²) in [6.07, 6.45) is 8.24. The molecule has 15 nitrogen and oxygen atoms in total. The minimum atomic E-state index is -0.647. The van der Waals surface area contributed by atoms with Gasteiger partial charge in [0.2, 0.25) is 5.89 Å². The van der Waals surface area contributed by atoms with E-state index in [0.29, 0.717) is 24.6 Å². The molecule has 3 aliphatic rings. The van der Waals surface area contributed by atoms with E-state index >= 15 is 0 Å². The second-order valence-electron chi connectivity index (χ2n) is 11.8. The maximum Gasteiger partial charge on any atom is 0.339 e. The lowest BCUT2D eigenvalue weighted by Gasteiger charge is -2.27. The summed E-state index contributed by atoms with van der Waals surface area (Å²) >= 11 is 0.